The number of nitrogens with one attached hydrogen (secondary N) is 1. The Hall–Kier alpha value is -4.03. The number of anilines is 1. The van der Waals surface area contributed by atoms with Crippen molar-refractivity contribution >= 4 is 27.5 Å². The summed E-state index contributed by atoms with van der Waals surface area (Å²) in [5.41, 5.74) is -0.0255. The summed E-state index contributed by atoms with van der Waals surface area (Å²) in [6.07, 6.45) is 0.529. The summed E-state index contributed by atoms with van der Waals surface area (Å²) >= 11 is 0. The van der Waals surface area contributed by atoms with E-state index in [-0.39, 0.29) is 34.3 Å². The van der Waals surface area contributed by atoms with Crippen LogP contribution in [0.1, 0.15) is 23.2 Å². The zero-order chi connectivity index (χ0) is 27.3. The van der Waals surface area contributed by atoms with Gasteiger partial charge in [-0.15, -0.1) is 0 Å². The van der Waals surface area contributed by atoms with Gasteiger partial charge in [0.05, 0.1) is 23.2 Å². The number of rotatable bonds is 8. The van der Waals surface area contributed by atoms with Crippen molar-refractivity contribution in [2.75, 3.05) is 24.1 Å². The number of carbonyl (C=O) groups is 2. The summed E-state index contributed by atoms with van der Waals surface area (Å²) in [7, 11) is -4.43. The SMILES string of the molecule is O=C(NCC(=O)N1CCC(O)CC1)c1ccc(S(=O)(=O)N(Oc2ccc(F)cc2)c2cccc(F)c2)cc1. The van der Waals surface area contributed by atoms with Crippen molar-refractivity contribution in [1.82, 2.24) is 10.2 Å². The van der Waals surface area contributed by atoms with Crippen LogP contribution >= 0.6 is 0 Å². The molecule has 2 N–H and O–H groups in total. The molecule has 38 heavy (non-hydrogen) atoms. The first-order valence-electron chi connectivity index (χ1n) is 11.7. The van der Waals surface area contributed by atoms with Gasteiger partial charge in [-0.2, -0.15) is 8.42 Å². The van der Waals surface area contributed by atoms with Crippen LogP contribution in [0.2, 0.25) is 0 Å². The zero-order valence-electron chi connectivity index (χ0n) is 20.1. The van der Waals surface area contributed by atoms with Gasteiger partial charge in [0.25, 0.3) is 15.9 Å². The Labute approximate surface area is 218 Å². The number of aliphatic hydroxyl groups excluding tert-OH is 1. The van der Waals surface area contributed by atoms with Gasteiger partial charge in [-0.1, -0.05) is 10.5 Å². The van der Waals surface area contributed by atoms with E-state index in [1.54, 1.807) is 4.90 Å². The summed E-state index contributed by atoms with van der Waals surface area (Å²) in [6, 6.07) is 14.2. The van der Waals surface area contributed by atoms with Gasteiger partial charge < -0.3 is 20.2 Å². The average Bonchev–Trinajstić information content (AvgIpc) is 2.91. The molecule has 0 bridgehead atoms. The minimum atomic E-state index is -4.43. The van der Waals surface area contributed by atoms with Crippen LogP contribution in [0.25, 0.3) is 0 Å². The van der Waals surface area contributed by atoms with Gasteiger partial charge in [-0.3, -0.25) is 9.59 Å². The predicted octanol–water partition coefficient (Wildman–Crippen LogP) is 2.87. The first kappa shape index (κ1) is 27.0. The fourth-order valence-corrected chi connectivity index (χ4v) is 5.03. The highest BCUT2D eigenvalue weighted by Gasteiger charge is 2.28. The van der Waals surface area contributed by atoms with E-state index >= 15 is 0 Å². The van der Waals surface area contributed by atoms with Gasteiger partial charge in [0.1, 0.15) is 11.6 Å². The molecule has 0 spiro atoms. The number of nitrogens with zero attached hydrogens (tertiary/aromatic N) is 2. The lowest BCUT2D eigenvalue weighted by molar-refractivity contribution is -0.132. The third-order valence-corrected chi connectivity index (χ3v) is 7.46. The van der Waals surface area contributed by atoms with Crippen molar-refractivity contribution < 1.29 is 36.7 Å². The smallest absolute Gasteiger partial charge is 0.295 e. The molecule has 1 aliphatic heterocycles. The van der Waals surface area contributed by atoms with Crippen LogP contribution < -0.4 is 14.6 Å². The van der Waals surface area contributed by atoms with Gasteiger partial charge in [-0.05, 0) is 73.5 Å². The molecule has 200 valence electrons. The molecule has 0 atom stereocenters. The third-order valence-electron chi connectivity index (χ3n) is 5.87. The fourth-order valence-electron chi connectivity index (χ4n) is 3.78. The van der Waals surface area contributed by atoms with Gasteiger partial charge in [0.2, 0.25) is 5.91 Å². The summed E-state index contributed by atoms with van der Waals surface area (Å²) in [5, 5.41) is 12.1. The van der Waals surface area contributed by atoms with Crippen LogP contribution in [0, 0.1) is 11.6 Å². The molecular weight excluding hydrogens is 520 g/mol. The number of carbonyl (C=O) groups excluding carboxylic acids is 2. The topological polar surface area (TPSA) is 116 Å². The van der Waals surface area contributed by atoms with Crippen molar-refractivity contribution in [2.24, 2.45) is 0 Å². The standard InChI is InChI=1S/C26H25F2N3O6S/c27-19-6-8-23(9-7-19)37-31(21-3-1-2-20(28)16-21)38(35,36)24-10-4-18(5-11-24)26(34)29-17-25(33)30-14-12-22(32)13-15-30/h1-11,16,22,32H,12-15,17H2,(H,29,34). The van der Waals surface area contributed by atoms with Crippen LogP contribution in [-0.2, 0) is 14.8 Å². The Balaban J connectivity index is 1.49. The Bertz CT molecular complexity index is 1390. The lowest BCUT2D eigenvalue weighted by Gasteiger charge is -2.29. The fraction of sp³-hybridized carbons (Fsp3) is 0.231. The largest absolute Gasteiger partial charge is 0.393 e. The van der Waals surface area contributed by atoms with Crippen LogP contribution in [0.5, 0.6) is 5.75 Å². The molecule has 2 amide bonds. The van der Waals surface area contributed by atoms with Gasteiger partial charge in [0.15, 0.2) is 5.75 Å². The second kappa shape index (κ2) is 11.6. The van der Waals surface area contributed by atoms with Crippen molar-refractivity contribution in [3.05, 3.63) is 90.0 Å². The van der Waals surface area contributed by atoms with Crippen LogP contribution in [-0.4, -0.2) is 56.0 Å². The summed E-state index contributed by atoms with van der Waals surface area (Å²) in [5.74, 6) is -2.13. The molecule has 0 aliphatic carbocycles. The molecule has 4 rings (SSSR count). The molecule has 0 aromatic heterocycles. The molecule has 9 nitrogen and oxygen atoms in total. The maximum Gasteiger partial charge on any atom is 0.295 e. The molecule has 12 heteroatoms. The molecule has 3 aromatic rings. The average molecular weight is 546 g/mol. The molecule has 0 unspecified atom stereocenters. The van der Waals surface area contributed by atoms with E-state index in [9.17, 15) is 31.9 Å². The summed E-state index contributed by atoms with van der Waals surface area (Å²) in [6.45, 7) is 0.572. The first-order chi connectivity index (χ1) is 18.1. The summed E-state index contributed by atoms with van der Waals surface area (Å²) < 4.78 is 54.6. The normalized spacial score (nSPS) is 14.1. The minimum absolute atomic E-state index is 0.0110. The Morgan fingerprint density at radius 2 is 1.63 bits per heavy atom. The zero-order valence-corrected chi connectivity index (χ0v) is 20.9. The lowest BCUT2D eigenvalue weighted by Crippen LogP contribution is -2.45. The minimum Gasteiger partial charge on any atom is -0.393 e. The van der Waals surface area contributed by atoms with E-state index in [2.05, 4.69) is 5.32 Å². The van der Waals surface area contributed by atoms with Crippen molar-refractivity contribution in [1.29, 1.82) is 0 Å². The molecule has 1 aliphatic rings. The van der Waals surface area contributed by atoms with Crippen LogP contribution in [0.4, 0.5) is 14.5 Å². The molecule has 1 heterocycles. The number of piperidine rings is 1. The number of hydrogen-bond donors (Lipinski definition) is 2. The second-order valence-electron chi connectivity index (χ2n) is 8.58. The van der Waals surface area contributed by atoms with Crippen molar-refractivity contribution in [2.45, 2.75) is 23.8 Å². The Morgan fingerprint density at radius 3 is 2.26 bits per heavy atom. The number of likely N-dealkylation sites (tertiary alicyclic amines) is 1. The third kappa shape index (κ3) is 6.45. The number of halogens is 2. The van der Waals surface area contributed by atoms with Crippen molar-refractivity contribution in [3.63, 3.8) is 0 Å². The van der Waals surface area contributed by atoms with Gasteiger partial charge >= 0.3 is 0 Å². The number of hydrogen-bond acceptors (Lipinski definition) is 6. The Morgan fingerprint density at radius 1 is 0.974 bits per heavy atom. The molecular formula is C26H25F2N3O6S. The second-order valence-corrected chi connectivity index (χ2v) is 10.3. The molecule has 1 saturated heterocycles. The quantitative estimate of drug-likeness (QED) is 0.421. The number of benzene rings is 3. The molecule has 0 saturated carbocycles. The highest BCUT2D eigenvalue weighted by Crippen LogP contribution is 2.27. The van der Waals surface area contributed by atoms with E-state index in [1.165, 1.54) is 48.5 Å². The van der Waals surface area contributed by atoms with E-state index in [1.807, 2.05) is 0 Å². The molecule has 3 aromatic carbocycles. The van der Waals surface area contributed by atoms with Gasteiger partial charge in [0, 0.05) is 24.7 Å². The molecule has 1 fully saturated rings. The summed E-state index contributed by atoms with van der Waals surface area (Å²) in [4.78, 5) is 31.7. The van der Waals surface area contributed by atoms with E-state index in [0.717, 1.165) is 24.3 Å². The maximum absolute atomic E-state index is 13.9. The van der Waals surface area contributed by atoms with E-state index in [0.29, 0.717) is 30.4 Å². The lowest BCUT2D eigenvalue weighted by atomic mass is 10.1. The van der Waals surface area contributed by atoms with Crippen LogP contribution in [0.3, 0.4) is 0 Å². The van der Waals surface area contributed by atoms with Gasteiger partial charge in [-0.25, -0.2) is 8.78 Å². The number of sulfonamides is 1. The predicted molar refractivity (Wildman–Crippen MR) is 134 cm³/mol. The van der Waals surface area contributed by atoms with Crippen LogP contribution in [0.15, 0.2) is 77.7 Å². The monoisotopic (exact) mass is 545 g/mol. The molecule has 0 radical (unpaired) electrons. The maximum atomic E-state index is 13.9. The van der Waals surface area contributed by atoms with E-state index < -0.39 is 33.7 Å². The Kier molecular flexibility index (Phi) is 8.23. The van der Waals surface area contributed by atoms with Crippen molar-refractivity contribution in [3.8, 4) is 5.75 Å². The number of amides is 2. The number of aliphatic hydroxyl groups is 1. The highest BCUT2D eigenvalue weighted by molar-refractivity contribution is 7.92. The first-order valence-corrected chi connectivity index (χ1v) is 13.2. The van der Waals surface area contributed by atoms with E-state index in [4.69, 9.17) is 4.84 Å². The highest BCUT2D eigenvalue weighted by atomic mass is 32.2.